The van der Waals surface area contributed by atoms with Crippen molar-refractivity contribution in [3.05, 3.63) is 29.8 Å². The number of benzene rings is 1. The summed E-state index contributed by atoms with van der Waals surface area (Å²) in [5, 5.41) is 0. The zero-order valence-corrected chi connectivity index (χ0v) is 8.73. The van der Waals surface area contributed by atoms with Crippen LogP contribution in [0.15, 0.2) is 24.3 Å². The molecular weight excluding hydrogens is 210 g/mol. The summed E-state index contributed by atoms with van der Waals surface area (Å²) in [5.41, 5.74) is 3.04. The summed E-state index contributed by atoms with van der Waals surface area (Å²) in [4.78, 5) is 15.5. The molecule has 16 heavy (non-hydrogen) atoms. The van der Waals surface area contributed by atoms with Crippen LogP contribution in [-0.2, 0) is 9.63 Å². The first-order chi connectivity index (χ1) is 7.79. The van der Waals surface area contributed by atoms with E-state index in [1.165, 1.54) is 13.2 Å². The van der Waals surface area contributed by atoms with Crippen LogP contribution in [0.5, 0.6) is 11.5 Å². The molecule has 5 heteroatoms. The first-order valence-electron chi connectivity index (χ1n) is 4.70. The van der Waals surface area contributed by atoms with Gasteiger partial charge in [0.15, 0.2) is 11.5 Å². The van der Waals surface area contributed by atoms with E-state index >= 15 is 0 Å². The Bertz CT molecular complexity index is 428. The molecule has 1 heterocycles. The van der Waals surface area contributed by atoms with E-state index in [0.29, 0.717) is 5.75 Å². The van der Waals surface area contributed by atoms with Gasteiger partial charge in [0.25, 0.3) is 5.91 Å². The summed E-state index contributed by atoms with van der Waals surface area (Å²) < 4.78 is 10.4. The van der Waals surface area contributed by atoms with Crippen molar-refractivity contribution >= 4 is 12.0 Å². The normalized spacial score (nSPS) is 13.1. The van der Waals surface area contributed by atoms with Crippen LogP contribution in [0.4, 0.5) is 0 Å². The standard InChI is InChI=1S/C11H11NO4/c1-14-12-11(13)5-3-8-2-4-9-10(6-8)16-7-15-9/h2-6H,7H2,1H3,(H,12,13)/b5-3+. The number of nitrogens with one attached hydrogen (secondary N) is 1. The third kappa shape index (κ3) is 2.32. The molecule has 5 nitrogen and oxygen atoms in total. The SMILES string of the molecule is CONC(=O)/C=C/c1ccc2c(c1)OCO2. The molecule has 0 fully saturated rings. The molecule has 0 unspecified atom stereocenters. The monoisotopic (exact) mass is 221 g/mol. The molecule has 1 aliphatic rings. The second-order valence-electron chi connectivity index (χ2n) is 3.12. The lowest BCUT2D eigenvalue weighted by Gasteiger charge is -1.98. The van der Waals surface area contributed by atoms with E-state index in [0.717, 1.165) is 11.3 Å². The minimum absolute atomic E-state index is 0.243. The Morgan fingerprint density at radius 2 is 2.25 bits per heavy atom. The fraction of sp³-hybridized carbons (Fsp3) is 0.182. The van der Waals surface area contributed by atoms with Gasteiger partial charge in [-0.05, 0) is 23.8 Å². The molecular formula is C11H11NO4. The number of carbonyl (C=O) groups excluding carboxylic acids is 1. The number of hydroxylamine groups is 1. The van der Waals surface area contributed by atoms with Gasteiger partial charge in [0.1, 0.15) is 0 Å². The van der Waals surface area contributed by atoms with Gasteiger partial charge in [-0.3, -0.25) is 9.63 Å². The smallest absolute Gasteiger partial charge is 0.267 e. The maximum atomic E-state index is 11.1. The van der Waals surface area contributed by atoms with Crippen LogP contribution >= 0.6 is 0 Å². The third-order valence-corrected chi connectivity index (χ3v) is 2.03. The summed E-state index contributed by atoms with van der Waals surface area (Å²) in [6.07, 6.45) is 3.04. The highest BCUT2D eigenvalue weighted by atomic mass is 16.7. The maximum Gasteiger partial charge on any atom is 0.267 e. The third-order valence-electron chi connectivity index (χ3n) is 2.03. The highest BCUT2D eigenvalue weighted by molar-refractivity contribution is 5.91. The highest BCUT2D eigenvalue weighted by Gasteiger charge is 2.12. The number of rotatable bonds is 3. The van der Waals surface area contributed by atoms with Crippen LogP contribution in [0.2, 0.25) is 0 Å². The predicted octanol–water partition coefficient (Wildman–Crippen LogP) is 1.11. The summed E-state index contributed by atoms with van der Waals surface area (Å²) in [5.74, 6) is 1.09. The largest absolute Gasteiger partial charge is 0.454 e. The van der Waals surface area contributed by atoms with Gasteiger partial charge in [0.05, 0.1) is 7.11 Å². The maximum absolute atomic E-state index is 11.1. The summed E-state index contributed by atoms with van der Waals surface area (Å²) in [6, 6.07) is 5.44. The van der Waals surface area contributed by atoms with Crippen LogP contribution in [0, 0.1) is 0 Å². The predicted molar refractivity (Wildman–Crippen MR) is 56.8 cm³/mol. The molecule has 0 aromatic heterocycles. The zero-order chi connectivity index (χ0) is 11.4. The second kappa shape index (κ2) is 4.67. The zero-order valence-electron chi connectivity index (χ0n) is 8.73. The topological polar surface area (TPSA) is 56.8 Å². The van der Waals surface area contributed by atoms with Crippen LogP contribution in [0.3, 0.4) is 0 Å². The van der Waals surface area contributed by atoms with Crippen molar-refractivity contribution in [2.45, 2.75) is 0 Å². The number of fused-ring (bicyclic) bond motifs is 1. The minimum Gasteiger partial charge on any atom is -0.454 e. The molecule has 1 amide bonds. The lowest BCUT2D eigenvalue weighted by molar-refractivity contribution is -0.126. The molecule has 0 aliphatic carbocycles. The summed E-state index contributed by atoms with van der Waals surface area (Å²) >= 11 is 0. The number of ether oxygens (including phenoxy) is 2. The molecule has 0 spiro atoms. The molecule has 84 valence electrons. The Morgan fingerprint density at radius 1 is 1.44 bits per heavy atom. The first kappa shape index (κ1) is 10.5. The van der Waals surface area contributed by atoms with Gasteiger partial charge in [-0.15, -0.1) is 0 Å². The lowest BCUT2D eigenvalue weighted by Crippen LogP contribution is -2.18. The fourth-order valence-electron chi connectivity index (χ4n) is 1.32. The summed E-state index contributed by atoms with van der Waals surface area (Å²) in [7, 11) is 1.38. The van der Waals surface area contributed by atoms with Gasteiger partial charge >= 0.3 is 0 Å². The van der Waals surface area contributed by atoms with Crippen molar-refractivity contribution in [1.82, 2.24) is 5.48 Å². The second-order valence-corrected chi connectivity index (χ2v) is 3.12. The van der Waals surface area contributed by atoms with Gasteiger partial charge in [0.2, 0.25) is 6.79 Å². The molecule has 0 atom stereocenters. The van der Waals surface area contributed by atoms with Gasteiger partial charge in [-0.25, -0.2) is 5.48 Å². The molecule has 1 aromatic carbocycles. The van der Waals surface area contributed by atoms with Crippen LogP contribution in [0.25, 0.3) is 6.08 Å². The van der Waals surface area contributed by atoms with Crippen LogP contribution in [0.1, 0.15) is 5.56 Å². The number of carbonyl (C=O) groups is 1. The van der Waals surface area contributed by atoms with Gasteiger partial charge in [-0.1, -0.05) is 6.07 Å². The van der Waals surface area contributed by atoms with Crippen LogP contribution < -0.4 is 15.0 Å². The molecule has 1 N–H and O–H groups in total. The minimum atomic E-state index is -0.319. The van der Waals surface area contributed by atoms with E-state index < -0.39 is 0 Å². The van der Waals surface area contributed by atoms with E-state index in [-0.39, 0.29) is 12.7 Å². The average Bonchev–Trinajstić information content (AvgIpc) is 2.74. The first-order valence-corrected chi connectivity index (χ1v) is 4.70. The number of hydrogen-bond donors (Lipinski definition) is 1. The van der Waals surface area contributed by atoms with E-state index in [1.54, 1.807) is 18.2 Å². The van der Waals surface area contributed by atoms with Crippen LogP contribution in [-0.4, -0.2) is 19.8 Å². The number of amides is 1. The van der Waals surface area contributed by atoms with Crippen molar-refractivity contribution in [1.29, 1.82) is 0 Å². The van der Waals surface area contributed by atoms with E-state index in [4.69, 9.17) is 9.47 Å². The molecule has 1 aromatic rings. The van der Waals surface area contributed by atoms with E-state index in [9.17, 15) is 4.79 Å². The molecule has 0 saturated carbocycles. The fourth-order valence-corrected chi connectivity index (χ4v) is 1.32. The highest BCUT2D eigenvalue weighted by Crippen LogP contribution is 2.32. The van der Waals surface area contributed by atoms with Gasteiger partial charge < -0.3 is 9.47 Å². The Balaban J connectivity index is 2.08. The molecule has 1 aliphatic heterocycles. The summed E-state index contributed by atoms with van der Waals surface area (Å²) in [6.45, 7) is 0.243. The average molecular weight is 221 g/mol. The van der Waals surface area contributed by atoms with E-state index in [1.807, 2.05) is 6.07 Å². The molecule has 0 radical (unpaired) electrons. The van der Waals surface area contributed by atoms with Crippen molar-refractivity contribution in [2.24, 2.45) is 0 Å². The van der Waals surface area contributed by atoms with Gasteiger partial charge in [-0.2, -0.15) is 0 Å². The van der Waals surface area contributed by atoms with Gasteiger partial charge in [0, 0.05) is 6.08 Å². The molecule has 0 saturated heterocycles. The molecule has 2 rings (SSSR count). The number of hydrogen-bond acceptors (Lipinski definition) is 4. The Morgan fingerprint density at radius 3 is 3.06 bits per heavy atom. The molecule has 0 bridgehead atoms. The van der Waals surface area contributed by atoms with Crippen molar-refractivity contribution in [3.8, 4) is 11.5 Å². The Labute approximate surface area is 92.6 Å². The lowest BCUT2D eigenvalue weighted by atomic mass is 10.2. The van der Waals surface area contributed by atoms with Crippen molar-refractivity contribution in [3.63, 3.8) is 0 Å². The quantitative estimate of drug-likeness (QED) is 0.613. The van der Waals surface area contributed by atoms with E-state index in [2.05, 4.69) is 10.3 Å². The Kier molecular flexibility index (Phi) is 3.07. The van der Waals surface area contributed by atoms with Crippen molar-refractivity contribution in [2.75, 3.05) is 13.9 Å². The Hall–Kier alpha value is -2.01. The van der Waals surface area contributed by atoms with Crippen molar-refractivity contribution < 1.29 is 19.1 Å².